The molecule has 3 aromatic heterocycles. The van der Waals surface area contributed by atoms with Crippen LogP contribution in [0.25, 0.3) is 22.6 Å². The van der Waals surface area contributed by atoms with Crippen LogP contribution in [0.3, 0.4) is 0 Å². The Bertz CT molecular complexity index is 1220. The van der Waals surface area contributed by atoms with Gasteiger partial charge in [0.1, 0.15) is 5.69 Å². The maximum Gasteiger partial charge on any atom is 0.259 e. The molecule has 0 unspecified atom stereocenters. The lowest BCUT2D eigenvalue weighted by Gasteiger charge is -2.24. The van der Waals surface area contributed by atoms with Gasteiger partial charge in [-0.15, -0.1) is 0 Å². The maximum atomic E-state index is 13.6. The van der Waals surface area contributed by atoms with Crippen molar-refractivity contribution in [3.8, 4) is 11.5 Å². The summed E-state index contributed by atoms with van der Waals surface area (Å²) >= 11 is 0. The van der Waals surface area contributed by atoms with Crippen molar-refractivity contribution in [2.24, 2.45) is 0 Å². The Kier molecular flexibility index (Phi) is 4.94. The number of furan rings is 1. The molecule has 1 amide bonds. The second kappa shape index (κ2) is 7.91. The SMILES string of the molecule is Cc1noc2nc(-c3ccco3)cc(C(=O)N(C)Cc3ccccc3N3CCCC3)c12. The second-order valence-corrected chi connectivity index (χ2v) is 7.96. The van der Waals surface area contributed by atoms with Crippen LogP contribution in [0, 0.1) is 6.92 Å². The molecule has 0 saturated carbocycles. The molecule has 0 radical (unpaired) electrons. The highest BCUT2D eigenvalue weighted by molar-refractivity contribution is 6.06. The quantitative estimate of drug-likeness (QED) is 0.471. The van der Waals surface area contributed by atoms with Gasteiger partial charge in [-0.1, -0.05) is 23.4 Å². The number of pyridine rings is 1. The third-order valence-electron chi connectivity index (χ3n) is 5.81. The van der Waals surface area contributed by atoms with Crippen LogP contribution in [0.1, 0.15) is 34.5 Å². The van der Waals surface area contributed by atoms with E-state index in [9.17, 15) is 4.79 Å². The molecule has 0 spiro atoms. The van der Waals surface area contributed by atoms with Gasteiger partial charge in [-0.25, -0.2) is 4.98 Å². The predicted molar refractivity (Wildman–Crippen MR) is 118 cm³/mol. The van der Waals surface area contributed by atoms with Gasteiger partial charge < -0.3 is 18.7 Å². The normalized spacial score (nSPS) is 13.8. The molecule has 1 aliphatic heterocycles. The van der Waals surface area contributed by atoms with Crippen molar-refractivity contribution in [2.75, 3.05) is 25.0 Å². The Balaban J connectivity index is 1.50. The largest absolute Gasteiger partial charge is 0.463 e. The van der Waals surface area contributed by atoms with E-state index in [1.54, 1.807) is 23.3 Å². The number of hydrogen-bond donors (Lipinski definition) is 0. The van der Waals surface area contributed by atoms with E-state index in [-0.39, 0.29) is 5.91 Å². The zero-order chi connectivity index (χ0) is 21.4. The van der Waals surface area contributed by atoms with Gasteiger partial charge in [0.15, 0.2) is 5.76 Å². The summed E-state index contributed by atoms with van der Waals surface area (Å²) in [7, 11) is 1.82. The number of carbonyl (C=O) groups is 1. The first-order valence-corrected chi connectivity index (χ1v) is 10.5. The van der Waals surface area contributed by atoms with E-state index in [2.05, 4.69) is 33.2 Å². The lowest BCUT2D eigenvalue weighted by Crippen LogP contribution is -2.28. The number of aromatic nitrogens is 2. The zero-order valence-electron chi connectivity index (χ0n) is 17.7. The van der Waals surface area contributed by atoms with E-state index < -0.39 is 0 Å². The number of nitrogens with zero attached hydrogens (tertiary/aromatic N) is 4. The molecule has 0 bridgehead atoms. The smallest absolute Gasteiger partial charge is 0.259 e. The molecular weight excluding hydrogens is 392 g/mol. The first kappa shape index (κ1) is 19.4. The third kappa shape index (κ3) is 3.56. The topological polar surface area (TPSA) is 75.6 Å². The first-order valence-electron chi connectivity index (χ1n) is 10.5. The molecule has 0 atom stereocenters. The fourth-order valence-corrected chi connectivity index (χ4v) is 4.26. The van der Waals surface area contributed by atoms with Crippen molar-refractivity contribution in [1.82, 2.24) is 15.0 Å². The highest BCUT2D eigenvalue weighted by Gasteiger charge is 2.24. The number of rotatable bonds is 5. The second-order valence-electron chi connectivity index (χ2n) is 7.96. The summed E-state index contributed by atoms with van der Waals surface area (Å²) in [5.41, 5.74) is 4.37. The van der Waals surface area contributed by atoms with Crippen LogP contribution in [-0.4, -0.2) is 41.1 Å². The van der Waals surface area contributed by atoms with Gasteiger partial charge in [-0.05, 0) is 49.6 Å². The number of para-hydroxylation sites is 1. The molecule has 4 heterocycles. The van der Waals surface area contributed by atoms with E-state index in [1.807, 2.05) is 26.1 Å². The van der Waals surface area contributed by atoms with Crippen LogP contribution < -0.4 is 4.90 Å². The van der Waals surface area contributed by atoms with Crippen LogP contribution >= 0.6 is 0 Å². The van der Waals surface area contributed by atoms with E-state index in [0.29, 0.717) is 40.4 Å². The molecule has 1 fully saturated rings. The average molecular weight is 416 g/mol. The van der Waals surface area contributed by atoms with Crippen LogP contribution in [-0.2, 0) is 6.54 Å². The lowest BCUT2D eigenvalue weighted by molar-refractivity contribution is 0.0787. The summed E-state index contributed by atoms with van der Waals surface area (Å²) in [6.45, 7) is 4.45. The molecule has 7 nitrogen and oxygen atoms in total. The Hall–Kier alpha value is -3.61. The number of carbonyl (C=O) groups excluding carboxylic acids is 1. The highest BCUT2D eigenvalue weighted by atomic mass is 16.5. The average Bonchev–Trinajstić information content (AvgIpc) is 3.55. The zero-order valence-corrected chi connectivity index (χ0v) is 17.7. The minimum atomic E-state index is -0.109. The van der Waals surface area contributed by atoms with Crippen molar-refractivity contribution in [1.29, 1.82) is 0 Å². The summed E-state index contributed by atoms with van der Waals surface area (Å²) in [4.78, 5) is 22.2. The minimum absolute atomic E-state index is 0.109. The van der Waals surface area contributed by atoms with Gasteiger partial charge in [0.05, 0.1) is 22.9 Å². The Morgan fingerprint density at radius 2 is 1.97 bits per heavy atom. The van der Waals surface area contributed by atoms with Crippen molar-refractivity contribution in [3.05, 3.63) is 65.5 Å². The molecule has 4 aromatic rings. The van der Waals surface area contributed by atoms with Gasteiger partial charge >= 0.3 is 0 Å². The molecule has 1 aliphatic rings. The first-order chi connectivity index (χ1) is 15.1. The summed E-state index contributed by atoms with van der Waals surface area (Å²) < 4.78 is 10.9. The summed E-state index contributed by atoms with van der Waals surface area (Å²) in [5, 5.41) is 4.66. The highest BCUT2D eigenvalue weighted by Crippen LogP contribution is 2.29. The summed E-state index contributed by atoms with van der Waals surface area (Å²) in [6.07, 6.45) is 4.00. The van der Waals surface area contributed by atoms with Gasteiger partial charge in [-0.2, -0.15) is 0 Å². The summed E-state index contributed by atoms with van der Waals surface area (Å²) in [6, 6.07) is 13.7. The van der Waals surface area contributed by atoms with Gasteiger partial charge in [0, 0.05) is 32.4 Å². The number of anilines is 1. The van der Waals surface area contributed by atoms with Crippen LogP contribution in [0.2, 0.25) is 0 Å². The molecule has 7 heteroatoms. The van der Waals surface area contributed by atoms with Gasteiger partial charge in [0.2, 0.25) is 0 Å². The maximum absolute atomic E-state index is 13.6. The fraction of sp³-hybridized carbons (Fsp3) is 0.292. The van der Waals surface area contributed by atoms with E-state index in [0.717, 1.165) is 18.7 Å². The Morgan fingerprint density at radius 3 is 2.74 bits per heavy atom. The number of amides is 1. The molecule has 5 rings (SSSR count). The summed E-state index contributed by atoms with van der Waals surface area (Å²) in [5.74, 6) is 0.467. The number of fused-ring (bicyclic) bond motifs is 1. The van der Waals surface area contributed by atoms with Crippen LogP contribution in [0.15, 0.2) is 57.7 Å². The fourth-order valence-electron chi connectivity index (χ4n) is 4.26. The Labute approximate surface area is 180 Å². The number of hydrogen-bond acceptors (Lipinski definition) is 6. The number of aryl methyl sites for hydroxylation is 1. The van der Waals surface area contributed by atoms with E-state index >= 15 is 0 Å². The molecule has 158 valence electrons. The van der Waals surface area contributed by atoms with E-state index in [1.165, 1.54) is 18.5 Å². The van der Waals surface area contributed by atoms with Crippen molar-refractivity contribution in [3.63, 3.8) is 0 Å². The minimum Gasteiger partial charge on any atom is -0.463 e. The predicted octanol–water partition coefficient (Wildman–Crippen LogP) is 4.66. The molecule has 0 aliphatic carbocycles. The number of benzene rings is 1. The molecule has 1 aromatic carbocycles. The molecule has 1 saturated heterocycles. The Morgan fingerprint density at radius 1 is 1.16 bits per heavy atom. The van der Waals surface area contributed by atoms with Crippen LogP contribution in [0.5, 0.6) is 0 Å². The molecular formula is C24H24N4O3. The van der Waals surface area contributed by atoms with Crippen molar-refractivity contribution >= 4 is 22.7 Å². The standard InChI is InChI=1S/C24H24N4O3/c1-16-22-18(14-19(21-10-7-13-30-21)25-23(22)31-26-16)24(29)27(2)15-17-8-3-4-9-20(17)28-11-5-6-12-28/h3-4,7-10,13-14H,5-6,11-12,15H2,1-2H3. The molecule has 0 N–H and O–H groups in total. The van der Waals surface area contributed by atoms with Crippen molar-refractivity contribution < 1.29 is 13.7 Å². The van der Waals surface area contributed by atoms with Gasteiger partial charge in [-0.3, -0.25) is 4.79 Å². The molecule has 31 heavy (non-hydrogen) atoms. The van der Waals surface area contributed by atoms with Crippen LogP contribution in [0.4, 0.5) is 5.69 Å². The monoisotopic (exact) mass is 416 g/mol. The third-order valence-corrected chi connectivity index (χ3v) is 5.81. The van der Waals surface area contributed by atoms with E-state index in [4.69, 9.17) is 8.94 Å². The van der Waals surface area contributed by atoms with Gasteiger partial charge in [0.25, 0.3) is 11.6 Å². The van der Waals surface area contributed by atoms with Crippen molar-refractivity contribution in [2.45, 2.75) is 26.3 Å². The lowest BCUT2D eigenvalue weighted by atomic mass is 10.1.